The first-order valence-electron chi connectivity index (χ1n) is 7.42. The van der Waals surface area contributed by atoms with Crippen LogP contribution < -0.4 is 15.8 Å². The fourth-order valence-corrected chi connectivity index (χ4v) is 3.72. The van der Waals surface area contributed by atoms with E-state index in [1.807, 2.05) is 30.3 Å². The van der Waals surface area contributed by atoms with Gasteiger partial charge >= 0.3 is 0 Å². The van der Waals surface area contributed by atoms with Crippen LogP contribution in [-0.4, -0.2) is 33.2 Å². The van der Waals surface area contributed by atoms with E-state index in [-0.39, 0.29) is 17.9 Å². The van der Waals surface area contributed by atoms with Crippen LogP contribution in [0.15, 0.2) is 30.3 Å². The highest BCUT2D eigenvalue weighted by molar-refractivity contribution is 7.88. The Bertz CT molecular complexity index is 604. The lowest BCUT2D eigenvalue weighted by molar-refractivity contribution is -0.122. The molecule has 0 heterocycles. The first-order chi connectivity index (χ1) is 10.4. The van der Waals surface area contributed by atoms with Crippen molar-refractivity contribution in [3.05, 3.63) is 35.9 Å². The molecule has 122 valence electrons. The van der Waals surface area contributed by atoms with Crippen LogP contribution in [0.1, 0.15) is 30.9 Å². The highest BCUT2D eigenvalue weighted by Gasteiger charge is 2.30. The predicted molar refractivity (Wildman–Crippen MR) is 85.5 cm³/mol. The third-order valence-electron chi connectivity index (χ3n) is 4.00. The normalized spacial score (nSPS) is 23.2. The van der Waals surface area contributed by atoms with E-state index in [0.717, 1.165) is 31.1 Å². The van der Waals surface area contributed by atoms with Gasteiger partial charge in [-0.05, 0) is 24.3 Å². The molecule has 1 fully saturated rings. The molecule has 1 aromatic rings. The molecule has 1 aromatic carbocycles. The monoisotopic (exact) mass is 325 g/mol. The molecule has 7 heteroatoms. The van der Waals surface area contributed by atoms with Crippen molar-refractivity contribution in [2.45, 2.75) is 31.3 Å². The Kier molecular flexibility index (Phi) is 5.55. The molecule has 0 bridgehead atoms. The Morgan fingerprint density at radius 2 is 2.00 bits per heavy atom. The average molecular weight is 325 g/mol. The zero-order valence-corrected chi connectivity index (χ0v) is 13.5. The van der Waals surface area contributed by atoms with Crippen LogP contribution >= 0.6 is 0 Å². The summed E-state index contributed by atoms with van der Waals surface area (Å²) >= 11 is 0. The number of nitrogens with one attached hydrogen (secondary N) is 2. The first kappa shape index (κ1) is 16.9. The molecule has 1 aliphatic carbocycles. The maximum absolute atomic E-state index is 12.1. The fraction of sp³-hybridized carbons (Fsp3) is 0.533. The summed E-state index contributed by atoms with van der Waals surface area (Å²) in [7, 11) is -3.23. The van der Waals surface area contributed by atoms with Gasteiger partial charge in [0.05, 0.1) is 6.26 Å². The van der Waals surface area contributed by atoms with Crippen LogP contribution in [0.3, 0.4) is 0 Å². The standard InChI is InChI=1S/C15H23N3O3S/c1-22(20,21)18-13-9-5-8-12(13)10-17-15(19)14(16)11-6-3-2-4-7-11/h2-4,6-7,12-14,18H,5,8-10,16H2,1H3,(H,17,19). The summed E-state index contributed by atoms with van der Waals surface area (Å²) in [4.78, 5) is 12.1. The maximum atomic E-state index is 12.1. The van der Waals surface area contributed by atoms with Crippen LogP contribution in [0.5, 0.6) is 0 Å². The van der Waals surface area contributed by atoms with Crippen molar-refractivity contribution < 1.29 is 13.2 Å². The number of benzene rings is 1. The highest BCUT2D eigenvalue weighted by atomic mass is 32.2. The van der Waals surface area contributed by atoms with Crippen molar-refractivity contribution >= 4 is 15.9 Å². The van der Waals surface area contributed by atoms with Crippen molar-refractivity contribution in [2.24, 2.45) is 11.7 Å². The van der Waals surface area contributed by atoms with Gasteiger partial charge in [0.1, 0.15) is 6.04 Å². The largest absolute Gasteiger partial charge is 0.354 e. The van der Waals surface area contributed by atoms with E-state index in [1.54, 1.807) is 0 Å². The minimum absolute atomic E-state index is 0.108. The highest BCUT2D eigenvalue weighted by Crippen LogP contribution is 2.25. The molecule has 0 saturated heterocycles. The molecular formula is C15H23N3O3S. The second-order valence-corrected chi connectivity index (χ2v) is 7.60. The topological polar surface area (TPSA) is 101 Å². The zero-order chi connectivity index (χ0) is 16.2. The van der Waals surface area contributed by atoms with Crippen molar-refractivity contribution in [1.82, 2.24) is 10.0 Å². The third-order valence-corrected chi connectivity index (χ3v) is 4.74. The Labute approximate surface area is 131 Å². The van der Waals surface area contributed by atoms with E-state index < -0.39 is 16.1 Å². The molecule has 2 rings (SSSR count). The Hall–Kier alpha value is -1.44. The smallest absolute Gasteiger partial charge is 0.241 e. The molecule has 0 spiro atoms. The predicted octanol–water partition coefficient (Wildman–Crippen LogP) is 0.521. The molecule has 1 aliphatic rings. The summed E-state index contributed by atoms with van der Waals surface area (Å²) in [6, 6.07) is 8.36. The summed E-state index contributed by atoms with van der Waals surface area (Å²) < 4.78 is 25.3. The van der Waals surface area contributed by atoms with Crippen LogP contribution in [0.25, 0.3) is 0 Å². The molecule has 3 unspecified atom stereocenters. The number of amides is 1. The first-order valence-corrected chi connectivity index (χ1v) is 9.31. The SMILES string of the molecule is CS(=O)(=O)NC1CCCC1CNC(=O)C(N)c1ccccc1. The van der Waals surface area contributed by atoms with Gasteiger partial charge in [0.25, 0.3) is 0 Å². The van der Waals surface area contributed by atoms with Crippen LogP contribution in [0, 0.1) is 5.92 Å². The molecule has 6 nitrogen and oxygen atoms in total. The average Bonchev–Trinajstić information content (AvgIpc) is 2.90. The third kappa shape index (κ3) is 4.79. The van der Waals surface area contributed by atoms with Gasteiger partial charge in [0, 0.05) is 12.6 Å². The van der Waals surface area contributed by atoms with Gasteiger partial charge in [0.2, 0.25) is 15.9 Å². The van der Waals surface area contributed by atoms with E-state index in [4.69, 9.17) is 5.73 Å². The minimum atomic E-state index is -3.23. The lowest BCUT2D eigenvalue weighted by atomic mass is 10.0. The quantitative estimate of drug-likeness (QED) is 0.710. The van der Waals surface area contributed by atoms with Gasteiger partial charge < -0.3 is 11.1 Å². The van der Waals surface area contributed by atoms with Crippen LogP contribution in [-0.2, 0) is 14.8 Å². The van der Waals surface area contributed by atoms with Crippen molar-refractivity contribution in [3.8, 4) is 0 Å². The van der Waals surface area contributed by atoms with E-state index in [9.17, 15) is 13.2 Å². The number of carbonyl (C=O) groups excluding carboxylic acids is 1. The molecule has 4 N–H and O–H groups in total. The molecule has 0 aliphatic heterocycles. The van der Waals surface area contributed by atoms with Crippen LogP contribution in [0.2, 0.25) is 0 Å². The van der Waals surface area contributed by atoms with Crippen molar-refractivity contribution in [2.75, 3.05) is 12.8 Å². The lowest BCUT2D eigenvalue weighted by Gasteiger charge is -2.21. The summed E-state index contributed by atoms with van der Waals surface area (Å²) in [5, 5.41) is 2.84. The maximum Gasteiger partial charge on any atom is 0.241 e. The minimum Gasteiger partial charge on any atom is -0.354 e. The van der Waals surface area contributed by atoms with E-state index >= 15 is 0 Å². The van der Waals surface area contributed by atoms with Crippen molar-refractivity contribution in [3.63, 3.8) is 0 Å². The van der Waals surface area contributed by atoms with E-state index in [2.05, 4.69) is 10.0 Å². The number of sulfonamides is 1. The fourth-order valence-electron chi connectivity index (χ4n) is 2.86. The Morgan fingerprint density at radius 3 is 2.64 bits per heavy atom. The number of nitrogens with two attached hydrogens (primary N) is 1. The zero-order valence-electron chi connectivity index (χ0n) is 12.7. The summed E-state index contributed by atoms with van der Waals surface area (Å²) in [5.74, 6) is -0.127. The number of carbonyl (C=O) groups is 1. The molecule has 1 saturated carbocycles. The van der Waals surface area contributed by atoms with E-state index in [1.165, 1.54) is 0 Å². The number of hydrogen-bond donors (Lipinski definition) is 3. The van der Waals surface area contributed by atoms with Gasteiger partial charge in [-0.1, -0.05) is 36.8 Å². The molecule has 0 radical (unpaired) electrons. The number of hydrogen-bond acceptors (Lipinski definition) is 4. The Morgan fingerprint density at radius 1 is 1.32 bits per heavy atom. The summed E-state index contributed by atoms with van der Waals surface area (Å²) in [6.07, 6.45) is 3.82. The summed E-state index contributed by atoms with van der Waals surface area (Å²) in [6.45, 7) is 0.437. The van der Waals surface area contributed by atoms with Gasteiger partial charge in [0.15, 0.2) is 0 Å². The van der Waals surface area contributed by atoms with Gasteiger partial charge in [-0.2, -0.15) is 0 Å². The number of rotatable bonds is 6. The lowest BCUT2D eigenvalue weighted by Crippen LogP contribution is -2.43. The van der Waals surface area contributed by atoms with Crippen LogP contribution in [0.4, 0.5) is 0 Å². The molecule has 3 atom stereocenters. The second kappa shape index (κ2) is 7.21. The van der Waals surface area contributed by atoms with Gasteiger partial charge in [-0.3, -0.25) is 4.79 Å². The molecule has 0 aromatic heterocycles. The van der Waals surface area contributed by atoms with Gasteiger partial charge in [-0.15, -0.1) is 0 Å². The Balaban J connectivity index is 1.88. The molecule has 22 heavy (non-hydrogen) atoms. The van der Waals surface area contributed by atoms with E-state index in [0.29, 0.717) is 6.54 Å². The van der Waals surface area contributed by atoms with Gasteiger partial charge in [-0.25, -0.2) is 13.1 Å². The molecule has 1 amide bonds. The van der Waals surface area contributed by atoms with Crippen molar-refractivity contribution in [1.29, 1.82) is 0 Å². The molecular weight excluding hydrogens is 302 g/mol. The summed E-state index contributed by atoms with van der Waals surface area (Å²) in [5.41, 5.74) is 6.70. The second-order valence-electron chi connectivity index (χ2n) is 5.82.